The van der Waals surface area contributed by atoms with Crippen molar-refractivity contribution in [3.8, 4) is 0 Å². The van der Waals surface area contributed by atoms with E-state index in [0.717, 1.165) is 21.9 Å². The smallest absolute Gasteiger partial charge is 0.410 e. The van der Waals surface area contributed by atoms with Gasteiger partial charge >= 0.3 is 6.09 Å². The van der Waals surface area contributed by atoms with Crippen LogP contribution in [0.2, 0.25) is 5.02 Å². The maximum absolute atomic E-state index is 13.9. The molecule has 4 rings (SSSR count). The number of ether oxygens (including phenoxy) is 1. The van der Waals surface area contributed by atoms with Crippen LogP contribution in [0.5, 0.6) is 0 Å². The molecule has 0 N–H and O–H groups in total. The van der Waals surface area contributed by atoms with E-state index in [0.29, 0.717) is 11.4 Å². The van der Waals surface area contributed by atoms with Gasteiger partial charge in [-0.05, 0) is 41.0 Å². The van der Waals surface area contributed by atoms with Crippen LogP contribution in [0.25, 0.3) is 10.8 Å². The number of fused-ring (bicyclic) bond motifs is 1. The molecule has 1 saturated carbocycles. The Morgan fingerprint density at radius 3 is 2.54 bits per heavy atom. The third kappa shape index (κ3) is 3.83. The molecule has 3 aromatic rings. The summed E-state index contributed by atoms with van der Waals surface area (Å²) in [5.74, 6) is 0. The van der Waals surface area contributed by atoms with Crippen molar-refractivity contribution >= 4 is 28.5 Å². The lowest BCUT2D eigenvalue weighted by atomic mass is 9.99. The van der Waals surface area contributed by atoms with Crippen LogP contribution in [-0.2, 0) is 11.3 Å². The predicted octanol–water partition coefficient (Wildman–Crippen LogP) is 6.30. The minimum atomic E-state index is -1.000. The molecule has 1 fully saturated rings. The molecule has 0 bridgehead atoms. The lowest BCUT2D eigenvalue weighted by molar-refractivity contribution is 0.0763. The highest BCUT2D eigenvalue weighted by Crippen LogP contribution is 2.39. The first-order chi connectivity index (χ1) is 13.5. The number of rotatable bonds is 5. The number of carbonyl (C=O) groups excluding carboxylic acids is 1. The van der Waals surface area contributed by atoms with Crippen LogP contribution in [0.4, 0.5) is 9.18 Å². The van der Waals surface area contributed by atoms with E-state index >= 15 is 0 Å². The monoisotopic (exact) mass is 397 g/mol. The number of nitrogens with zero attached hydrogens (tertiary/aromatic N) is 1. The molecule has 0 heterocycles. The first kappa shape index (κ1) is 18.8. The van der Waals surface area contributed by atoms with Gasteiger partial charge in [-0.3, -0.25) is 4.90 Å². The van der Waals surface area contributed by atoms with Gasteiger partial charge in [0.15, 0.2) is 0 Å². The van der Waals surface area contributed by atoms with E-state index in [1.165, 1.54) is 0 Å². The van der Waals surface area contributed by atoms with E-state index in [1.54, 1.807) is 17.0 Å². The molecule has 1 aliphatic carbocycles. The number of hydrogen-bond acceptors (Lipinski definition) is 2. The standard InChI is InChI=1S/C23H21ClFNO2/c1-15(19-8-4-6-17-5-2-3-7-20(17)19)26(22-13-21(22)25)23(27)28-14-16-9-11-18(24)12-10-16/h2-12,15,21-22H,13-14H2,1H3/t15-,21?,22?/m0/s1. The van der Waals surface area contributed by atoms with Crippen molar-refractivity contribution in [2.75, 3.05) is 0 Å². The zero-order valence-corrected chi connectivity index (χ0v) is 16.3. The molecule has 3 atom stereocenters. The molecule has 28 heavy (non-hydrogen) atoms. The van der Waals surface area contributed by atoms with Gasteiger partial charge in [-0.25, -0.2) is 9.18 Å². The molecule has 1 amide bonds. The van der Waals surface area contributed by atoms with Gasteiger partial charge in [0.1, 0.15) is 12.8 Å². The largest absolute Gasteiger partial charge is 0.445 e. The Bertz CT molecular complexity index is 986. The minimum Gasteiger partial charge on any atom is -0.445 e. The highest BCUT2D eigenvalue weighted by molar-refractivity contribution is 6.30. The molecule has 0 aromatic heterocycles. The number of amides is 1. The van der Waals surface area contributed by atoms with Crippen LogP contribution in [0.3, 0.4) is 0 Å². The molecule has 3 nitrogen and oxygen atoms in total. The molecule has 144 valence electrons. The van der Waals surface area contributed by atoms with Gasteiger partial charge in [0.25, 0.3) is 0 Å². The fourth-order valence-electron chi connectivity index (χ4n) is 3.59. The second-order valence-corrected chi connectivity index (χ2v) is 7.59. The van der Waals surface area contributed by atoms with E-state index in [2.05, 4.69) is 0 Å². The van der Waals surface area contributed by atoms with Crippen molar-refractivity contribution in [3.63, 3.8) is 0 Å². The van der Waals surface area contributed by atoms with Gasteiger partial charge in [0.2, 0.25) is 0 Å². The summed E-state index contributed by atoms with van der Waals surface area (Å²) in [7, 11) is 0. The maximum Gasteiger partial charge on any atom is 0.410 e. The van der Waals surface area contributed by atoms with Gasteiger partial charge in [0.05, 0.1) is 12.1 Å². The Hall–Kier alpha value is -2.59. The van der Waals surface area contributed by atoms with Gasteiger partial charge in [-0.2, -0.15) is 0 Å². The van der Waals surface area contributed by atoms with E-state index < -0.39 is 18.3 Å². The number of alkyl halides is 1. The maximum atomic E-state index is 13.9. The first-order valence-corrected chi connectivity index (χ1v) is 9.73. The Kier molecular flexibility index (Phi) is 5.23. The Balaban J connectivity index is 1.57. The molecular weight excluding hydrogens is 377 g/mol. The number of hydrogen-bond donors (Lipinski definition) is 0. The van der Waals surface area contributed by atoms with Crippen molar-refractivity contribution in [1.82, 2.24) is 4.90 Å². The second kappa shape index (κ2) is 7.80. The van der Waals surface area contributed by atoms with Gasteiger partial charge in [-0.1, -0.05) is 66.2 Å². The summed E-state index contributed by atoms with van der Waals surface area (Å²) in [5, 5.41) is 2.78. The van der Waals surface area contributed by atoms with E-state index in [9.17, 15) is 9.18 Å². The molecule has 0 radical (unpaired) electrons. The lowest BCUT2D eigenvalue weighted by Gasteiger charge is -2.29. The average Bonchev–Trinajstić information content (AvgIpc) is 3.43. The second-order valence-electron chi connectivity index (χ2n) is 7.15. The van der Waals surface area contributed by atoms with Gasteiger partial charge in [-0.15, -0.1) is 0 Å². The van der Waals surface area contributed by atoms with Crippen molar-refractivity contribution in [1.29, 1.82) is 0 Å². The molecule has 5 heteroatoms. The molecule has 2 unspecified atom stereocenters. The first-order valence-electron chi connectivity index (χ1n) is 9.36. The third-order valence-electron chi connectivity index (χ3n) is 5.22. The van der Waals surface area contributed by atoms with Crippen LogP contribution in [-0.4, -0.2) is 23.2 Å². The average molecular weight is 398 g/mol. The Morgan fingerprint density at radius 2 is 1.82 bits per heavy atom. The van der Waals surface area contributed by atoms with Gasteiger partial charge < -0.3 is 4.74 Å². The van der Waals surface area contributed by atoms with E-state index in [-0.39, 0.29) is 12.6 Å². The molecule has 1 aliphatic rings. The normalized spacial score (nSPS) is 19.2. The summed E-state index contributed by atoms with van der Waals surface area (Å²) in [6, 6.07) is 20.4. The summed E-state index contributed by atoms with van der Waals surface area (Å²) in [5.41, 5.74) is 1.82. The Morgan fingerprint density at radius 1 is 1.14 bits per heavy atom. The molecule has 3 aromatic carbocycles. The van der Waals surface area contributed by atoms with Gasteiger partial charge in [0, 0.05) is 11.4 Å². The van der Waals surface area contributed by atoms with E-state index in [4.69, 9.17) is 16.3 Å². The molecule has 0 saturated heterocycles. The number of halogens is 2. The quantitative estimate of drug-likeness (QED) is 0.505. The Labute approximate surface area is 168 Å². The van der Waals surface area contributed by atoms with Crippen LogP contribution in [0.15, 0.2) is 66.7 Å². The molecular formula is C23H21ClFNO2. The fraction of sp³-hybridized carbons (Fsp3) is 0.261. The summed E-state index contributed by atoms with van der Waals surface area (Å²) in [4.78, 5) is 14.4. The van der Waals surface area contributed by atoms with Crippen molar-refractivity contribution in [3.05, 3.63) is 82.9 Å². The lowest BCUT2D eigenvalue weighted by Crippen LogP contribution is -2.37. The molecule has 0 aliphatic heterocycles. The summed E-state index contributed by atoms with van der Waals surface area (Å²) < 4.78 is 19.4. The minimum absolute atomic E-state index is 0.123. The van der Waals surface area contributed by atoms with Crippen molar-refractivity contribution < 1.29 is 13.9 Å². The highest BCUT2D eigenvalue weighted by atomic mass is 35.5. The fourth-order valence-corrected chi connectivity index (χ4v) is 3.71. The predicted molar refractivity (Wildman–Crippen MR) is 109 cm³/mol. The van der Waals surface area contributed by atoms with Crippen LogP contribution < -0.4 is 0 Å². The van der Waals surface area contributed by atoms with Crippen LogP contribution in [0, 0.1) is 0 Å². The number of benzene rings is 3. The van der Waals surface area contributed by atoms with E-state index in [1.807, 2.05) is 61.5 Å². The molecule has 0 spiro atoms. The number of carbonyl (C=O) groups is 1. The highest BCUT2D eigenvalue weighted by Gasteiger charge is 2.47. The zero-order chi connectivity index (χ0) is 19.7. The summed E-state index contributed by atoms with van der Waals surface area (Å²) >= 11 is 5.89. The summed E-state index contributed by atoms with van der Waals surface area (Å²) in [6.45, 7) is 2.05. The van der Waals surface area contributed by atoms with Crippen molar-refractivity contribution in [2.24, 2.45) is 0 Å². The van der Waals surface area contributed by atoms with Crippen LogP contribution >= 0.6 is 11.6 Å². The zero-order valence-electron chi connectivity index (χ0n) is 15.5. The topological polar surface area (TPSA) is 29.5 Å². The SMILES string of the molecule is C[C@@H](c1cccc2ccccc12)N(C(=O)OCc1ccc(Cl)cc1)C1CC1F. The summed E-state index contributed by atoms with van der Waals surface area (Å²) in [6.07, 6.45) is -1.15. The van der Waals surface area contributed by atoms with Crippen molar-refractivity contribution in [2.45, 2.75) is 38.2 Å². The van der Waals surface area contributed by atoms with Crippen LogP contribution in [0.1, 0.15) is 30.5 Å². The third-order valence-corrected chi connectivity index (χ3v) is 5.47.